The maximum Gasteiger partial charge on any atom is 0.275 e. The lowest BCUT2D eigenvalue weighted by Crippen LogP contribution is -2.36. The van der Waals surface area contributed by atoms with Crippen LogP contribution < -0.4 is 5.56 Å². The van der Waals surface area contributed by atoms with Crippen LogP contribution in [0.1, 0.15) is 56.4 Å². The Kier molecular flexibility index (Phi) is 4.11. The molecule has 1 saturated carbocycles. The van der Waals surface area contributed by atoms with Crippen LogP contribution in [-0.4, -0.2) is 9.36 Å². The lowest BCUT2D eigenvalue weighted by atomic mass is 9.70. The van der Waals surface area contributed by atoms with E-state index in [1.165, 1.54) is 5.69 Å². The van der Waals surface area contributed by atoms with Gasteiger partial charge < -0.3 is 0 Å². The monoisotopic (exact) mass is 426 g/mol. The summed E-state index contributed by atoms with van der Waals surface area (Å²) < 4.78 is 3.92. The Balaban J connectivity index is 1.83. The zero-order valence-corrected chi connectivity index (χ0v) is 18.4. The molecule has 1 aromatic heterocycles. The summed E-state index contributed by atoms with van der Waals surface area (Å²) in [6.07, 6.45) is 2.16. The van der Waals surface area contributed by atoms with Crippen LogP contribution in [0.5, 0.6) is 0 Å². The van der Waals surface area contributed by atoms with Crippen molar-refractivity contribution in [3.63, 3.8) is 0 Å². The molecule has 0 N–H and O–H groups in total. The zero-order valence-electron chi connectivity index (χ0n) is 16.9. The van der Waals surface area contributed by atoms with Gasteiger partial charge in [0, 0.05) is 16.0 Å². The highest BCUT2D eigenvalue weighted by molar-refractivity contribution is 6.34. The molecule has 0 saturated heterocycles. The van der Waals surface area contributed by atoms with E-state index in [9.17, 15) is 4.79 Å². The summed E-state index contributed by atoms with van der Waals surface area (Å²) in [5, 5.41) is 1.09. The van der Waals surface area contributed by atoms with Gasteiger partial charge in [-0.2, -0.15) is 0 Å². The maximum atomic E-state index is 13.8. The second kappa shape index (κ2) is 6.26. The molecular weight excluding hydrogens is 403 g/mol. The van der Waals surface area contributed by atoms with E-state index in [1.54, 1.807) is 22.9 Å². The van der Waals surface area contributed by atoms with E-state index in [0.29, 0.717) is 22.3 Å². The Labute approximate surface area is 180 Å². The first-order valence-corrected chi connectivity index (χ1v) is 10.9. The van der Waals surface area contributed by atoms with E-state index in [1.807, 2.05) is 18.2 Å². The first-order chi connectivity index (χ1) is 13.8. The zero-order chi connectivity index (χ0) is 20.6. The Morgan fingerprint density at radius 1 is 1.07 bits per heavy atom. The van der Waals surface area contributed by atoms with Crippen molar-refractivity contribution < 1.29 is 0 Å². The molecule has 3 aromatic rings. The van der Waals surface area contributed by atoms with Crippen LogP contribution in [0.4, 0.5) is 0 Å². The van der Waals surface area contributed by atoms with Gasteiger partial charge in [-0.1, -0.05) is 74.3 Å². The Morgan fingerprint density at radius 3 is 2.52 bits per heavy atom. The van der Waals surface area contributed by atoms with Gasteiger partial charge in [-0.05, 0) is 47.9 Å². The normalized spacial score (nSPS) is 24.1. The summed E-state index contributed by atoms with van der Waals surface area (Å²) in [5.74, 6) is 0.274. The van der Waals surface area contributed by atoms with E-state index in [4.69, 9.17) is 23.2 Å². The molecule has 0 aliphatic heterocycles. The third-order valence-electron chi connectivity index (χ3n) is 7.59. The van der Waals surface area contributed by atoms with Gasteiger partial charge >= 0.3 is 0 Å². The second-order valence-corrected chi connectivity index (χ2v) is 10.0. The van der Waals surface area contributed by atoms with E-state index in [-0.39, 0.29) is 22.3 Å². The number of fused-ring (bicyclic) bond motifs is 5. The van der Waals surface area contributed by atoms with Crippen LogP contribution in [0.3, 0.4) is 0 Å². The van der Waals surface area contributed by atoms with Crippen molar-refractivity contribution in [2.75, 3.05) is 0 Å². The summed E-state index contributed by atoms with van der Waals surface area (Å²) in [5.41, 5.74) is 4.00. The molecule has 0 amide bonds. The molecule has 2 aromatic carbocycles. The molecule has 2 unspecified atom stereocenters. The van der Waals surface area contributed by atoms with Gasteiger partial charge in [0.15, 0.2) is 0 Å². The topological polar surface area (TPSA) is 26.9 Å². The number of benzene rings is 2. The molecule has 29 heavy (non-hydrogen) atoms. The van der Waals surface area contributed by atoms with Crippen molar-refractivity contribution in [1.82, 2.24) is 9.36 Å². The highest BCUT2D eigenvalue weighted by Gasteiger charge is 2.62. The summed E-state index contributed by atoms with van der Waals surface area (Å²) in [7, 11) is 0. The average molecular weight is 427 g/mol. The highest BCUT2D eigenvalue weighted by Crippen LogP contribution is 2.67. The molecular formula is C24H24Cl2N2O. The van der Waals surface area contributed by atoms with Gasteiger partial charge in [-0.25, -0.2) is 4.68 Å². The largest absolute Gasteiger partial charge is 0.277 e. The van der Waals surface area contributed by atoms with E-state index in [0.717, 1.165) is 24.0 Å². The van der Waals surface area contributed by atoms with Gasteiger partial charge in [0.1, 0.15) is 0 Å². The minimum absolute atomic E-state index is 0.0431. The predicted molar refractivity (Wildman–Crippen MR) is 119 cm³/mol. The van der Waals surface area contributed by atoms with Crippen LogP contribution >= 0.6 is 23.2 Å². The van der Waals surface area contributed by atoms with E-state index >= 15 is 0 Å². The molecule has 150 valence electrons. The summed E-state index contributed by atoms with van der Waals surface area (Å²) in [6, 6.07) is 15.6. The smallest absolute Gasteiger partial charge is 0.275 e. The van der Waals surface area contributed by atoms with Gasteiger partial charge in [-0.15, -0.1) is 0 Å². The number of hydrogen-bond donors (Lipinski definition) is 0. The molecule has 2 atom stereocenters. The standard InChI is InChI=1S/C24H24Cl2N2O/c1-23(2)17-11-12-24(23,3)21-20(17)22(29)28(19-13-16(25)9-10-18(19)26)27(21)14-15-7-5-4-6-8-15/h4-10,13,17H,11-12,14H2,1-3H3. The van der Waals surface area contributed by atoms with Gasteiger partial charge in [-0.3, -0.25) is 9.48 Å². The van der Waals surface area contributed by atoms with Crippen molar-refractivity contribution >= 4 is 23.2 Å². The molecule has 2 aliphatic carbocycles. The fourth-order valence-corrected chi connectivity index (χ4v) is 6.05. The van der Waals surface area contributed by atoms with Crippen molar-refractivity contribution in [3.8, 4) is 5.69 Å². The fourth-order valence-electron chi connectivity index (χ4n) is 5.68. The van der Waals surface area contributed by atoms with Crippen LogP contribution in [0.15, 0.2) is 53.3 Å². The minimum atomic E-state index is -0.0444. The van der Waals surface area contributed by atoms with Crippen molar-refractivity contribution in [2.45, 2.75) is 51.5 Å². The molecule has 1 heterocycles. The molecule has 0 spiro atoms. The molecule has 2 aliphatic rings. The van der Waals surface area contributed by atoms with Crippen molar-refractivity contribution in [3.05, 3.63) is 85.8 Å². The van der Waals surface area contributed by atoms with Gasteiger partial charge in [0.05, 0.1) is 22.9 Å². The Bertz CT molecular complexity index is 1180. The fraction of sp³-hybridized carbons (Fsp3) is 0.375. The Hall–Kier alpha value is -1.97. The lowest BCUT2D eigenvalue weighted by Gasteiger charge is -2.36. The number of rotatable bonds is 3. The minimum Gasteiger partial charge on any atom is -0.277 e. The molecule has 5 heteroatoms. The summed E-state index contributed by atoms with van der Waals surface area (Å²) >= 11 is 12.8. The second-order valence-electron chi connectivity index (χ2n) is 9.16. The Morgan fingerprint density at radius 2 is 1.79 bits per heavy atom. The number of nitrogens with zero attached hydrogens (tertiary/aromatic N) is 2. The third-order valence-corrected chi connectivity index (χ3v) is 8.14. The first kappa shape index (κ1) is 19.0. The van der Waals surface area contributed by atoms with Crippen LogP contribution in [-0.2, 0) is 12.0 Å². The summed E-state index contributed by atoms with van der Waals surface area (Å²) in [6.45, 7) is 7.57. The van der Waals surface area contributed by atoms with E-state index < -0.39 is 0 Å². The number of halogens is 2. The molecule has 2 bridgehead atoms. The number of hydrogen-bond acceptors (Lipinski definition) is 1. The SMILES string of the molecule is CC12CCC(c3c1n(Cc1ccccc1)n(-c1cc(Cl)ccc1Cl)c3=O)C2(C)C. The van der Waals surface area contributed by atoms with E-state index in [2.05, 4.69) is 37.6 Å². The van der Waals surface area contributed by atoms with Crippen LogP contribution in [0.2, 0.25) is 10.0 Å². The van der Waals surface area contributed by atoms with Crippen LogP contribution in [0, 0.1) is 5.41 Å². The maximum absolute atomic E-state index is 13.8. The average Bonchev–Trinajstić information content (AvgIpc) is 3.17. The first-order valence-electron chi connectivity index (χ1n) is 10.1. The molecule has 5 rings (SSSR count). The van der Waals surface area contributed by atoms with Gasteiger partial charge in [0.25, 0.3) is 5.56 Å². The molecule has 0 radical (unpaired) electrons. The van der Waals surface area contributed by atoms with Gasteiger partial charge in [0.2, 0.25) is 0 Å². The quantitative estimate of drug-likeness (QED) is 0.491. The molecule has 1 fully saturated rings. The third kappa shape index (κ3) is 2.47. The predicted octanol–water partition coefficient (Wildman–Crippen LogP) is 6.17. The molecule has 3 nitrogen and oxygen atoms in total. The van der Waals surface area contributed by atoms with Crippen molar-refractivity contribution in [2.24, 2.45) is 5.41 Å². The van der Waals surface area contributed by atoms with Crippen molar-refractivity contribution in [1.29, 1.82) is 0 Å². The highest BCUT2D eigenvalue weighted by atomic mass is 35.5. The number of aromatic nitrogens is 2. The summed E-state index contributed by atoms with van der Waals surface area (Å²) in [4.78, 5) is 13.8. The van der Waals surface area contributed by atoms with Crippen LogP contribution in [0.25, 0.3) is 5.69 Å². The lowest BCUT2D eigenvalue weighted by molar-refractivity contribution is 0.216.